The van der Waals surface area contributed by atoms with Crippen LogP contribution < -0.4 is 10.5 Å². The van der Waals surface area contributed by atoms with E-state index in [0.29, 0.717) is 0 Å². The summed E-state index contributed by atoms with van der Waals surface area (Å²) < 4.78 is 28.7. The van der Waals surface area contributed by atoms with Gasteiger partial charge in [-0.3, -0.25) is 0 Å². The van der Waals surface area contributed by atoms with Crippen LogP contribution in [0.4, 0.5) is 8.78 Å². The molecule has 0 radical (unpaired) electrons. The van der Waals surface area contributed by atoms with Gasteiger partial charge in [0.05, 0.1) is 11.9 Å². The maximum Gasteiger partial charge on any atom is 0.387 e. The van der Waals surface area contributed by atoms with Crippen LogP contribution in [-0.4, -0.2) is 22.6 Å². The van der Waals surface area contributed by atoms with Crippen LogP contribution in [0, 0.1) is 0 Å². The molecule has 1 aromatic carbocycles. The van der Waals surface area contributed by atoms with Crippen molar-refractivity contribution in [2.75, 3.05) is 0 Å². The molecule has 2 rings (SSSR count). The molecule has 0 fully saturated rings. The summed E-state index contributed by atoms with van der Waals surface area (Å²) in [6.45, 7) is -0.886. The summed E-state index contributed by atoms with van der Waals surface area (Å²) in [4.78, 5) is 7.41. The highest BCUT2D eigenvalue weighted by molar-refractivity contribution is 5.60. The Morgan fingerprint density at radius 3 is 2.90 bits per heavy atom. The smallest absolute Gasteiger partial charge is 0.387 e. The van der Waals surface area contributed by atoms with Crippen LogP contribution in [0.15, 0.2) is 30.5 Å². The van der Waals surface area contributed by atoms with Gasteiger partial charge in [0.15, 0.2) is 0 Å². The fourth-order valence-corrected chi connectivity index (χ4v) is 1.84. The predicted molar refractivity (Wildman–Crippen MR) is 72.6 cm³/mol. The van der Waals surface area contributed by atoms with Crippen LogP contribution >= 0.6 is 0 Å². The molecule has 1 unspecified atom stereocenters. The quantitative estimate of drug-likeness (QED) is 0.855. The highest BCUT2D eigenvalue weighted by atomic mass is 19.3. The Bertz CT molecular complexity index is 555. The van der Waals surface area contributed by atoms with E-state index < -0.39 is 6.61 Å². The number of hydrogen-bond acceptors (Lipinski definition) is 3. The minimum absolute atomic E-state index is 0.117. The summed E-state index contributed by atoms with van der Waals surface area (Å²) in [5.74, 6) is 0.960. The van der Waals surface area contributed by atoms with Gasteiger partial charge in [0, 0.05) is 18.0 Å². The fourth-order valence-electron chi connectivity index (χ4n) is 1.84. The zero-order chi connectivity index (χ0) is 14.5. The zero-order valence-electron chi connectivity index (χ0n) is 11.1. The molecule has 0 saturated carbocycles. The van der Waals surface area contributed by atoms with Gasteiger partial charge in [0.1, 0.15) is 11.6 Å². The number of rotatable bonds is 6. The van der Waals surface area contributed by atoms with Crippen molar-refractivity contribution >= 4 is 0 Å². The average Bonchev–Trinajstić information content (AvgIpc) is 2.84. The van der Waals surface area contributed by atoms with Crippen LogP contribution in [0.2, 0.25) is 0 Å². The first-order valence-corrected chi connectivity index (χ1v) is 6.39. The fraction of sp³-hybridized carbons (Fsp3) is 0.357. The van der Waals surface area contributed by atoms with E-state index >= 15 is 0 Å². The Kier molecular flexibility index (Phi) is 4.68. The van der Waals surface area contributed by atoms with Crippen molar-refractivity contribution in [3.05, 3.63) is 36.3 Å². The van der Waals surface area contributed by atoms with Crippen molar-refractivity contribution in [2.45, 2.75) is 32.4 Å². The Morgan fingerprint density at radius 2 is 2.20 bits per heavy atom. The summed E-state index contributed by atoms with van der Waals surface area (Å²) >= 11 is 0. The number of aryl methyl sites for hydroxylation is 1. The first-order valence-electron chi connectivity index (χ1n) is 6.39. The molecule has 0 bridgehead atoms. The number of nitrogens with zero attached hydrogens (tertiary/aromatic N) is 1. The van der Waals surface area contributed by atoms with E-state index in [4.69, 9.17) is 5.73 Å². The van der Waals surface area contributed by atoms with Gasteiger partial charge in [0.2, 0.25) is 0 Å². The standard InChI is InChI=1S/C14H17F2N3O/c1-9(17)5-6-13-18-8-12(19-13)10-3-2-4-11(7-10)20-14(15)16/h2-4,7-9,14H,5-6,17H2,1H3,(H,18,19). The third-order valence-corrected chi connectivity index (χ3v) is 2.84. The van der Waals surface area contributed by atoms with Crippen LogP contribution in [0.5, 0.6) is 5.75 Å². The van der Waals surface area contributed by atoms with E-state index in [9.17, 15) is 8.78 Å². The van der Waals surface area contributed by atoms with Gasteiger partial charge in [-0.1, -0.05) is 12.1 Å². The molecule has 0 aliphatic heterocycles. The van der Waals surface area contributed by atoms with Crippen LogP contribution in [0.3, 0.4) is 0 Å². The Balaban J connectivity index is 2.11. The number of ether oxygens (including phenoxy) is 1. The monoisotopic (exact) mass is 281 g/mol. The van der Waals surface area contributed by atoms with Crippen molar-refractivity contribution in [2.24, 2.45) is 5.73 Å². The van der Waals surface area contributed by atoms with Crippen molar-refractivity contribution < 1.29 is 13.5 Å². The van der Waals surface area contributed by atoms with E-state index in [1.54, 1.807) is 24.4 Å². The van der Waals surface area contributed by atoms with Gasteiger partial charge < -0.3 is 15.5 Å². The highest BCUT2D eigenvalue weighted by Crippen LogP contribution is 2.23. The number of alkyl halides is 2. The van der Waals surface area contributed by atoms with Crippen LogP contribution in [0.1, 0.15) is 19.2 Å². The van der Waals surface area contributed by atoms with Crippen LogP contribution in [0.25, 0.3) is 11.3 Å². The third-order valence-electron chi connectivity index (χ3n) is 2.84. The molecule has 0 spiro atoms. The second-order valence-corrected chi connectivity index (χ2v) is 4.67. The topological polar surface area (TPSA) is 63.9 Å². The van der Waals surface area contributed by atoms with Gasteiger partial charge in [-0.2, -0.15) is 8.78 Å². The lowest BCUT2D eigenvalue weighted by molar-refractivity contribution is -0.0498. The first kappa shape index (κ1) is 14.5. The lowest BCUT2D eigenvalue weighted by Gasteiger charge is -2.05. The molecule has 20 heavy (non-hydrogen) atoms. The second-order valence-electron chi connectivity index (χ2n) is 4.67. The van der Waals surface area contributed by atoms with Crippen molar-refractivity contribution in [1.29, 1.82) is 0 Å². The van der Waals surface area contributed by atoms with E-state index in [-0.39, 0.29) is 11.8 Å². The van der Waals surface area contributed by atoms with Crippen molar-refractivity contribution in [3.63, 3.8) is 0 Å². The SMILES string of the molecule is CC(N)CCc1ncc(-c2cccc(OC(F)F)c2)[nH]1. The number of H-pyrrole nitrogens is 1. The van der Waals surface area contributed by atoms with Gasteiger partial charge in [-0.15, -0.1) is 0 Å². The van der Waals surface area contributed by atoms with Crippen LogP contribution in [-0.2, 0) is 6.42 Å². The number of benzene rings is 1. The molecule has 0 aliphatic carbocycles. The molecule has 0 aliphatic rings. The Hall–Kier alpha value is -1.95. The maximum absolute atomic E-state index is 12.2. The third kappa shape index (κ3) is 4.03. The number of imidazole rings is 1. The summed E-state index contributed by atoms with van der Waals surface area (Å²) in [5.41, 5.74) is 7.22. The summed E-state index contributed by atoms with van der Waals surface area (Å²) in [7, 11) is 0. The van der Waals surface area contributed by atoms with E-state index in [1.165, 1.54) is 6.07 Å². The summed E-state index contributed by atoms with van der Waals surface area (Å²) in [6.07, 6.45) is 3.27. The molecule has 3 N–H and O–H groups in total. The molecule has 0 amide bonds. The van der Waals surface area contributed by atoms with E-state index in [1.807, 2.05) is 6.92 Å². The maximum atomic E-state index is 12.2. The summed E-state index contributed by atoms with van der Waals surface area (Å²) in [5, 5.41) is 0. The molecule has 6 heteroatoms. The van der Waals surface area contributed by atoms with E-state index in [0.717, 1.165) is 29.9 Å². The Morgan fingerprint density at radius 1 is 1.40 bits per heavy atom. The largest absolute Gasteiger partial charge is 0.435 e. The van der Waals surface area contributed by atoms with Gasteiger partial charge in [-0.25, -0.2) is 4.98 Å². The lowest BCUT2D eigenvalue weighted by atomic mass is 10.1. The first-order chi connectivity index (χ1) is 9.54. The molecular weight excluding hydrogens is 264 g/mol. The highest BCUT2D eigenvalue weighted by Gasteiger charge is 2.08. The molecule has 4 nitrogen and oxygen atoms in total. The van der Waals surface area contributed by atoms with Gasteiger partial charge in [-0.05, 0) is 25.5 Å². The molecule has 1 atom stereocenters. The average molecular weight is 281 g/mol. The molecular formula is C14H17F2N3O. The molecule has 2 aromatic rings. The predicted octanol–water partition coefficient (Wildman–Crippen LogP) is 2.96. The van der Waals surface area contributed by atoms with Crippen molar-refractivity contribution in [1.82, 2.24) is 9.97 Å². The number of nitrogens with one attached hydrogen (secondary N) is 1. The van der Waals surface area contributed by atoms with E-state index in [2.05, 4.69) is 14.7 Å². The normalized spacial score (nSPS) is 12.7. The second kappa shape index (κ2) is 6.47. The zero-order valence-corrected chi connectivity index (χ0v) is 11.1. The van der Waals surface area contributed by atoms with Gasteiger partial charge in [0.25, 0.3) is 0 Å². The Labute approximate surface area is 116 Å². The minimum Gasteiger partial charge on any atom is -0.435 e. The molecule has 108 valence electrons. The number of hydrogen-bond donors (Lipinski definition) is 2. The van der Waals surface area contributed by atoms with Gasteiger partial charge >= 0.3 is 6.61 Å². The number of halogens is 2. The number of nitrogens with two attached hydrogens (primary N) is 1. The lowest BCUT2D eigenvalue weighted by Crippen LogP contribution is -2.15. The van der Waals surface area contributed by atoms with Crippen molar-refractivity contribution in [3.8, 4) is 17.0 Å². The minimum atomic E-state index is -2.83. The number of aromatic nitrogens is 2. The molecule has 1 heterocycles. The summed E-state index contributed by atoms with van der Waals surface area (Å²) in [6, 6.07) is 6.63. The molecule has 0 saturated heterocycles. The number of aromatic amines is 1. The molecule has 1 aromatic heterocycles.